The van der Waals surface area contributed by atoms with E-state index in [1.54, 1.807) is 0 Å². The first-order chi connectivity index (χ1) is 10.4. The van der Waals surface area contributed by atoms with Gasteiger partial charge in [-0.3, -0.25) is 0 Å². The molecule has 0 saturated heterocycles. The molecule has 4 aromatic carbocycles. The highest BCUT2D eigenvalue weighted by Gasteiger charge is 2.22. The third kappa shape index (κ3) is 1.45. The molecule has 0 heteroatoms. The van der Waals surface area contributed by atoms with Gasteiger partial charge in [0.25, 0.3) is 0 Å². The number of hydrogen-bond acceptors (Lipinski definition) is 0. The molecule has 4 aromatic rings. The first-order valence-corrected chi connectivity index (χ1v) is 7.43. The van der Waals surface area contributed by atoms with E-state index in [9.17, 15) is 0 Å². The molecule has 0 spiro atoms. The van der Waals surface area contributed by atoms with E-state index in [1.165, 1.54) is 43.8 Å². The van der Waals surface area contributed by atoms with Crippen LogP contribution >= 0.6 is 0 Å². The van der Waals surface area contributed by atoms with Crippen molar-refractivity contribution in [1.82, 2.24) is 0 Å². The Kier molecular flexibility index (Phi) is 2.09. The minimum absolute atomic E-state index is 1.05. The van der Waals surface area contributed by atoms with E-state index in [2.05, 4.69) is 72.8 Å². The van der Waals surface area contributed by atoms with E-state index in [-0.39, 0.29) is 0 Å². The summed E-state index contributed by atoms with van der Waals surface area (Å²) in [6.07, 6.45) is 1.05. The highest BCUT2D eigenvalue weighted by Crippen LogP contribution is 2.43. The minimum atomic E-state index is 1.05. The molecular weight excluding hydrogens is 252 g/mol. The highest BCUT2D eigenvalue weighted by atomic mass is 14.2. The zero-order chi connectivity index (χ0) is 13.8. The van der Waals surface area contributed by atoms with Crippen LogP contribution in [0, 0.1) is 0 Å². The Hall–Kier alpha value is -2.60. The average Bonchev–Trinajstić information content (AvgIpc) is 2.94. The lowest BCUT2D eigenvalue weighted by molar-refractivity contribution is 1.29. The minimum Gasteiger partial charge on any atom is -0.0616 e. The largest absolute Gasteiger partial charge is 0.0616 e. The third-order valence-corrected chi connectivity index (χ3v) is 4.69. The monoisotopic (exact) mass is 266 g/mol. The molecule has 0 amide bonds. The van der Waals surface area contributed by atoms with E-state index in [0.29, 0.717) is 0 Å². The van der Waals surface area contributed by atoms with Crippen molar-refractivity contribution in [3.63, 3.8) is 0 Å². The second-order valence-electron chi connectivity index (χ2n) is 5.81. The van der Waals surface area contributed by atoms with Gasteiger partial charge in [0.2, 0.25) is 0 Å². The molecule has 0 unspecified atom stereocenters. The van der Waals surface area contributed by atoms with Gasteiger partial charge < -0.3 is 0 Å². The van der Waals surface area contributed by atoms with Crippen LogP contribution < -0.4 is 0 Å². The molecule has 1 aliphatic rings. The van der Waals surface area contributed by atoms with Crippen LogP contribution in [0.4, 0.5) is 0 Å². The van der Waals surface area contributed by atoms with Gasteiger partial charge in [-0.05, 0) is 50.2 Å². The van der Waals surface area contributed by atoms with Crippen LogP contribution in [-0.4, -0.2) is 0 Å². The second kappa shape index (κ2) is 3.95. The van der Waals surface area contributed by atoms with E-state index < -0.39 is 0 Å². The predicted octanol–water partition coefficient (Wildman–Crippen LogP) is 5.56. The van der Waals surface area contributed by atoms with Gasteiger partial charge in [-0.25, -0.2) is 0 Å². The average molecular weight is 266 g/mol. The smallest absolute Gasteiger partial charge is 0.000705 e. The molecule has 0 bridgehead atoms. The summed E-state index contributed by atoms with van der Waals surface area (Å²) in [6.45, 7) is 0. The van der Waals surface area contributed by atoms with E-state index in [1.807, 2.05) is 0 Å². The van der Waals surface area contributed by atoms with Crippen molar-refractivity contribution in [3.05, 3.63) is 83.9 Å². The van der Waals surface area contributed by atoms with Gasteiger partial charge in [0.05, 0.1) is 0 Å². The maximum absolute atomic E-state index is 2.30. The fourth-order valence-electron chi connectivity index (χ4n) is 3.73. The Morgan fingerprint density at radius 3 is 2.10 bits per heavy atom. The summed E-state index contributed by atoms with van der Waals surface area (Å²) in [6, 6.07) is 26.5. The maximum Gasteiger partial charge on any atom is -0.000705 e. The van der Waals surface area contributed by atoms with Crippen molar-refractivity contribution >= 4 is 21.5 Å². The molecule has 0 aromatic heterocycles. The number of rotatable bonds is 0. The zero-order valence-electron chi connectivity index (χ0n) is 11.6. The Morgan fingerprint density at radius 2 is 1.24 bits per heavy atom. The maximum atomic E-state index is 2.30. The number of hydrogen-bond donors (Lipinski definition) is 0. The van der Waals surface area contributed by atoms with E-state index in [4.69, 9.17) is 0 Å². The Morgan fingerprint density at radius 1 is 0.571 bits per heavy atom. The topological polar surface area (TPSA) is 0 Å². The fourth-order valence-corrected chi connectivity index (χ4v) is 3.73. The van der Waals surface area contributed by atoms with Crippen molar-refractivity contribution in [3.8, 4) is 11.1 Å². The molecule has 0 heterocycles. The van der Waals surface area contributed by atoms with Crippen LogP contribution in [0.1, 0.15) is 11.1 Å². The molecule has 0 N–H and O–H groups in total. The van der Waals surface area contributed by atoms with Gasteiger partial charge in [0.15, 0.2) is 0 Å². The molecule has 0 saturated carbocycles. The van der Waals surface area contributed by atoms with Crippen molar-refractivity contribution < 1.29 is 0 Å². The van der Waals surface area contributed by atoms with Crippen LogP contribution in [0.2, 0.25) is 0 Å². The molecule has 21 heavy (non-hydrogen) atoms. The Labute approximate surface area is 123 Å². The molecule has 0 fully saturated rings. The number of fused-ring (bicyclic) bond motifs is 7. The molecule has 0 radical (unpaired) electrons. The van der Waals surface area contributed by atoms with Gasteiger partial charge >= 0.3 is 0 Å². The normalized spacial score (nSPS) is 12.6. The van der Waals surface area contributed by atoms with Crippen molar-refractivity contribution in [2.24, 2.45) is 0 Å². The lowest BCUT2D eigenvalue weighted by atomic mass is 9.96. The van der Waals surface area contributed by atoms with Gasteiger partial charge in [0, 0.05) is 0 Å². The van der Waals surface area contributed by atoms with Crippen LogP contribution in [0.15, 0.2) is 72.8 Å². The Balaban J connectivity index is 1.93. The van der Waals surface area contributed by atoms with Crippen LogP contribution in [0.5, 0.6) is 0 Å². The quantitative estimate of drug-likeness (QED) is 0.344. The summed E-state index contributed by atoms with van der Waals surface area (Å²) in [5, 5.41) is 5.45. The van der Waals surface area contributed by atoms with Gasteiger partial charge in [-0.2, -0.15) is 0 Å². The molecule has 0 nitrogen and oxygen atoms in total. The van der Waals surface area contributed by atoms with Crippen LogP contribution in [0.25, 0.3) is 32.7 Å². The summed E-state index contributed by atoms with van der Waals surface area (Å²) in [4.78, 5) is 0. The lowest BCUT2D eigenvalue weighted by Crippen LogP contribution is -1.83. The third-order valence-electron chi connectivity index (χ3n) is 4.69. The zero-order valence-corrected chi connectivity index (χ0v) is 11.6. The molecule has 0 atom stereocenters. The van der Waals surface area contributed by atoms with Gasteiger partial charge in [-0.1, -0.05) is 72.8 Å². The standard InChI is InChI=1S/C21H14/c1-3-7-17-14(5-1)11-12-19-20(17)13-16-10-9-15-6-2-4-8-18(15)21(16)19/h1-12H,13H2. The molecule has 0 aliphatic heterocycles. The summed E-state index contributed by atoms with van der Waals surface area (Å²) in [5.74, 6) is 0. The first-order valence-electron chi connectivity index (χ1n) is 7.43. The first kappa shape index (κ1) is 11.1. The molecular formula is C21H14. The van der Waals surface area contributed by atoms with Gasteiger partial charge in [0.1, 0.15) is 0 Å². The fraction of sp³-hybridized carbons (Fsp3) is 0.0476. The van der Waals surface area contributed by atoms with E-state index >= 15 is 0 Å². The Bertz CT molecular complexity index is 1010. The van der Waals surface area contributed by atoms with E-state index in [0.717, 1.165) is 6.42 Å². The number of benzene rings is 4. The summed E-state index contributed by atoms with van der Waals surface area (Å²) in [7, 11) is 0. The summed E-state index contributed by atoms with van der Waals surface area (Å²) >= 11 is 0. The summed E-state index contributed by atoms with van der Waals surface area (Å²) in [5.41, 5.74) is 5.80. The SMILES string of the molecule is c1ccc2c3c(ccc2c1)-c1c(ccc2ccccc12)C3. The molecule has 1 aliphatic carbocycles. The molecule has 98 valence electrons. The highest BCUT2D eigenvalue weighted by molar-refractivity contribution is 6.05. The molecule has 5 rings (SSSR count). The van der Waals surface area contributed by atoms with Crippen LogP contribution in [0.3, 0.4) is 0 Å². The van der Waals surface area contributed by atoms with Crippen LogP contribution in [-0.2, 0) is 6.42 Å². The van der Waals surface area contributed by atoms with Crippen molar-refractivity contribution in [2.75, 3.05) is 0 Å². The van der Waals surface area contributed by atoms with Crippen molar-refractivity contribution in [2.45, 2.75) is 6.42 Å². The predicted molar refractivity (Wildman–Crippen MR) is 89.7 cm³/mol. The second-order valence-corrected chi connectivity index (χ2v) is 5.81. The van der Waals surface area contributed by atoms with Gasteiger partial charge in [-0.15, -0.1) is 0 Å². The summed E-state index contributed by atoms with van der Waals surface area (Å²) < 4.78 is 0. The van der Waals surface area contributed by atoms with Crippen molar-refractivity contribution in [1.29, 1.82) is 0 Å². The lowest BCUT2D eigenvalue weighted by Gasteiger charge is -2.07.